The third kappa shape index (κ3) is 3.61. The molecule has 2 aromatic carbocycles. The third-order valence-electron chi connectivity index (χ3n) is 4.90. The Kier molecular flexibility index (Phi) is 5.18. The number of rotatable bonds is 6. The molecule has 1 saturated heterocycles. The quantitative estimate of drug-likeness (QED) is 0.740. The second-order valence-electron chi connectivity index (χ2n) is 7.05. The Labute approximate surface area is 173 Å². The molecule has 154 valence electrons. The highest BCUT2D eigenvalue weighted by Gasteiger charge is 2.55. The zero-order chi connectivity index (χ0) is 21.3. The molecule has 2 aliphatic heterocycles. The topological polar surface area (TPSA) is 104 Å². The van der Waals surface area contributed by atoms with Gasteiger partial charge in [0.1, 0.15) is 12.3 Å². The van der Waals surface area contributed by atoms with Gasteiger partial charge in [-0.15, -0.1) is 0 Å². The van der Waals surface area contributed by atoms with Crippen LogP contribution in [-0.2, 0) is 14.4 Å². The summed E-state index contributed by atoms with van der Waals surface area (Å²) in [5, 5.41) is 11.8. The monoisotopic (exact) mass is 407 g/mol. The number of nitrogens with zero attached hydrogens (tertiary/aromatic N) is 4. The molecule has 2 aromatic rings. The van der Waals surface area contributed by atoms with Gasteiger partial charge >= 0.3 is 0 Å². The van der Waals surface area contributed by atoms with E-state index in [9.17, 15) is 14.4 Å². The number of hydrogen-bond donors (Lipinski definition) is 1. The Bertz CT molecular complexity index is 1000. The highest BCUT2D eigenvalue weighted by Crippen LogP contribution is 2.31. The lowest BCUT2D eigenvalue weighted by Crippen LogP contribution is -2.43. The van der Waals surface area contributed by atoms with E-state index in [4.69, 9.17) is 4.74 Å². The molecule has 0 spiro atoms. The summed E-state index contributed by atoms with van der Waals surface area (Å²) < 4.78 is 5.37. The van der Waals surface area contributed by atoms with Gasteiger partial charge in [0.15, 0.2) is 12.1 Å². The Morgan fingerprint density at radius 2 is 1.77 bits per heavy atom. The maximum Gasteiger partial charge on any atom is 0.263 e. The molecule has 0 aliphatic carbocycles. The fourth-order valence-electron chi connectivity index (χ4n) is 3.45. The standard InChI is InChI=1S/C21H21N5O4/c1-3-30-16-10-6-14(7-11-16)22-17(27)12-25-19-18(23-24-25)20(28)26(21(19)29)15-8-4-13(2)5-9-15/h4-11,18-19H,3,12H2,1-2H3,(H,22,27)/t18-,19+/m1/s1. The SMILES string of the molecule is CCOc1ccc(NC(=O)CN2N=N[C@H]3C(=O)N(c4ccc(C)cc4)C(=O)[C@H]32)cc1. The van der Waals surface area contributed by atoms with Crippen molar-refractivity contribution < 1.29 is 19.1 Å². The third-order valence-corrected chi connectivity index (χ3v) is 4.90. The van der Waals surface area contributed by atoms with Gasteiger partial charge in [0.05, 0.1) is 12.3 Å². The van der Waals surface area contributed by atoms with Crippen LogP contribution in [0.2, 0.25) is 0 Å². The summed E-state index contributed by atoms with van der Waals surface area (Å²) in [6, 6.07) is 12.2. The second kappa shape index (κ2) is 7.94. The van der Waals surface area contributed by atoms with E-state index in [1.54, 1.807) is 36.4 Å². The molecule has 2 atom stereocenters. The average molecular weight is 407 g/mol. The van der Waals surface area contributed by atoms with Crippen LogP contribution in [0, 0.1) is 6.92 Å². The van der Waals surface area contributed by atoms with Crippen molar-refractivity contribution in [3.63, 3.8) is 0 Å². The number of amides is 3. The number of anilines is 2. The van der Waals surface area contributed by atoms with E-state index in [0.29, 0.717) is 23.7 Å². The van der Waals surface area contributed by atoms with E-state index < -0.39 is 23.9 Å². The van der Waals surface area contributed by atoms with Gasteiger partial charge in [0, 0.05) is 5.69 Å². The predicted molar refractivity (Wildman–Crippen MR) is 109 cm³/mol. The molecule has 0 unspecified atom stereocenters. The summed E-state index contributed by atoms with van der Waals surface area (Å²) in [6.07, 6.45) is 0. The summed E-state index contributed by atoms with van der Waals surface area (Å²) in [4.78, 5) is 39.2. The minimum Gasteiger partial charge on any atom is -0.494 e. The van der Waals surface area contributed by atoms with Crippen LogP contribution in [0.1, 0.15) is 12.5 Å². The number of aryl methyl sites for hydroxylation is 1. The average Bonchev–Trinajstić information content (AvgIpc) is 3.24. The summed E-state index contributed by atoms with van der Waals surface area (Å²) in [5.74, 6) is -0.537. The van der Waals surface area contributed by atoms with E-state index in [-0.39, 0.29) is 12.5 Å². The van der Waals surface area contributed by atoms with Crippen molar-refractivity contribution in [3.05, 3.63) is 54.1 Å². The van der Waals surface area contributed by atoms with E-state index in [1.807, 2.05) is 26.0 Å². The van der Waals surface area contributed by atoms with Crippen molar-refractivity contribution in [2.45, 2.75) is 25.9 Å². The van der Waals surface area contributed by atoms with Crippen LogP contribution >= 0.6 is 0 Å². The number of benzene rings is 2. The molecule has 0 bridgehead atoms. The molecule has 4 rings (SSSR count). The second-order valence-corrected chi connectivity index (χ2v) is 7.05. The molecule has 0 aromatic heterocycles. The van der Waals surface area contributed by atoms with Gasteiger partial charge < -0.3 is 10.1 Å². The maximum absolute atomic E-state index is 12.9. The van der Waals surface area contributed by atoms with Gasteiger partial charge in [-0.3, -0.25) is 19.4 Å². The first-order valence-corrected chi connectivity index (χ1v) is 9.62. The highest BCUT2D eigenvalue weighted by molar-refractivity contribution is 6.25. The van der Waals surface area contributed by atoms with Crippen LogP contribution < -0.4 is 15.0 Å². The fourth-order valence-corrected chi connectivity index (χ4v) is 3.45. The molecule has 1 fully saturated rings. The molecular formula is C21H21N5O4. The molecule has 3 amide bonds. The van der Waals surface area contributed by atoms with Crippen LogP contribution in [0.5, 0.6) is 5.75 Å². The smallest absolute Gasteiger partial charge is 0.263 e. The molecule has 0 radical (unpaired) electrons. The molecular weight excluding hydrogens is 386 g/mol. The van der Waals surface area contributed by atoms with Crippen molar-refractivity contribution in [2.24, 2.45) is 10.3 Å². The lowest BCUT2D eigenvalue weighted by atomic mass is 10.1. The van der Waals surface area contributed by atoms with Crippen molar-refractivity contribution in [1.29, 1.82) is 0 Å². The Morgan fingerprint density at radius 3 is 2.43 bits per heavy atom. The first kappa shape index (κ1) is 19.6. The molecule has 0 saturated carbocycles. The number of ether oxygens (including phenoxy) is 1. The van der Waals surface area contributed by atoms with Gasteiger partial charge in [-0.05, 0) is 50.2 Å². The summed E-state index contributed by atoms with van der Waals surface area (Å²) in [5.41, 5.74) is 2.09. The number of carbonyl (C=O) groups excluding carboxylic acids is 3. The number of nitrogens with one attached hydrogen (secondary N) is 1. The zero-order valence-corrected chi connectivity index (χ0v) is 16.6. The van der Waals surface area contributed by atoms with Gasteiger partial charge in [0.2, 0.25) is 5.91 Å². The molecule has 2 heterocycles. The van der Waals surface area contributed by atoms with Crippen LogP contribution in [0.15, 0.2) is 58.9 Å². The predicted octanol–water partition coefficient (Wildman–Crippen LogP) is 2.33. The largest absolute Gasteiger partial charge is 0.494 e. The van der Waals surface area contributed by atoms with E-state index in [2.05, 4.69) is 15.7 Å². The lowest BCUT2D eigenvalue weighted by molar-refractivity contribution is -0.123. The normalized spacial score (nSPS) is 19.9. The summed E-state index contributed by atoms with van der Waals surface area (Å²) >= 11 is 0. The van der Waals surface area contributed by atoms with Gasteiger partial charge in [-0.2, -0.15) is 5.11 Å². The number of imide groups is 1. The van der Waals surface area contributed by atoms with Crippen molar-refractivity contribution in [2.75, 3.05) is 23.4 Å². The van der Waals surface area contributed by atoms with Gasteiger partial charge in [0.25, 0.3) is 11.8 Å². The summed E-state index contributed by atoms with van der Waals surface area (Å²) in [6.45, 7) is 4.17. The molecule has 30 heavy (non-hydrogen) atoms. The number of hydrogen-bond acceptors (Lipinski definition) is 7. The highest BCUT2D eigenvalue weighted by atomic mass is 16.5. The van der Waals surface area contributed by atoms with Crippen LogP contribution in [0.25, 0.3) is 0 Å². The summed E-state index contributed by atoms with van der Waals surface area (Å²) in [7, 11) is 0. The van der Waals surface area contributed by atoms with Crippen LogP contribution in [-0.4, -0.2) is 48.0 Å². The molecule has 2 aliphatic rings. The van der Waals surface area contributed by atoms with Crippen molar-refractivity contribution >= 4 is 29.1 Å². The van der Waals surface area contributed by atoms with E-state index in [0.717, 1.165) is 10.5 Å². The van der Waals surface area contributed by atoms with Crippen LogP contribution in [0.4, 0.5) is 11.4 Å². The first-order chi connectivity index (χ1) is 14.5. The molecule has 1 N–H and O–H groups in total. The Morgan fingerprint density at radius 1 is 1.07 bits per heavy atom. The Hall–Kier alpha value is -3.75. The van der Waals surface area contributed by atoms with Gasteiger partial charge in [-0.25, -0.2) is 4.90 Å². The lowest BCUT2D eigenvalue weighted by Gasteiger charge is -2.20. The molecule has 9 nitrogen and oxygen atoms in total. The zero-order valence-electron chi connectivity index (χ0n) is 16.6. The van der Waals surface area contributed by atoms with Crippen LogP contribution in [0.3, 0.4) is 0 Å². The maximum atomic E-state index is 12.9. The number of fused-ring (bicyclic) bond motifs is 1. The minimum absolute atomic E-state index is 0.196. The minimum atomic E-state index is -0.933. The fraction of sp³-hybridized carbons (Fsp3) is 0.286. The molecule has 9 heteroatoms. The van der Waals surface area contributed by atoms with E-state index >= 15 is 0 Å². The number of carbonyl (C=O) groups is 3. The Balaban J connectivity index is 1.43. The van der Waals surface area contributed by atoms with Crippen molar-refractivity contribution in [3.8, 4) is 5.75 Å². The van der Waals surface area contributed by atoms with E-state index in [1.165, 1.54) is 5.01 Å². The first-order valence-electron chi connectivity index (χ1n) is 9.62. The van der Waals surface area contributed by atoms with Crippen molar-refractivity contribution in [1.82, 2.24) is 5.01 Å². The van der Waals surface area contributed by atoms with Gasteiger partial charge in [-0.1, -0.05) is 22.9 Å².